The molecular weight excluding hydrogens is 506 g/mol. The number of hydrogen-bond acceptors (Lipinski definition) is 9. The predicted molar refractivity (Wildman–Crippen MR) is 146 cm³/mol. The Hall–Kier alpha value is -3.73. The topological polar surface area (TPSA) is 118 Å². The molecule has 0 aliphatic heterocycles. The van der Waals surface area contributed by atoms with Crippen LogP contribution in [0.4, 0.5) is 0 Å². The van der Waals surface area contributed by atoms with E-state index in [4.69, 9.17) is 24.2 Å². The minimum absolute atomic E-state index is 0.0647. The molecule has 1 aromatic carbocycles. The van der Waals surface area contributed by atoms with Crippen LogP contribution in [0.25, 0.3) is 28.5 Å². The molecule has 0 amide bonds. The van der Waals surface area contributed by atoms with E-state index in [9.17, 15) is 8.42 Å². The Morgan fingerprint density at radius 3 is 2.26 bits per heavy atom. The normalized spacial score (nSPS) is 12.1. The average molecular weight is 540 g/mol. The lowest BCUT2D eigenvalue weighted by Crippen LogP contribution is -2.17. The number of imidazole rings is 1. The van der Waals surface area contributed by atoms with Gasteiger partial charge in [-0.25, -0.2) is 28.4 Å². The van der Waals surface area contributed by atoms with Crippen LogP contribution in [0.5, 0.6) is 17.4 Å². The van der Waals surface area contributed by atoms with Gasteiger partial charge in [0.2, 0.25) is 5.88 Å². The van der Waals surface area contributed by atoms with Crippen molar-refractivity contribution in [3.05, 3.63) is 48.3 Å². The number of methoxy groups -OCH3 is 2. The van der Waals surface area contributed by atoms with Gasteiger partial charge in [-0.1, -0.05) is 32.9 Å². The highest BCUT2D eigenvalue weighted by atomic mass is 32.2. The zero-order chi connectivity index (χ0) is 27.5. The Morgan fingerprint density at radius 1 is 0.947 bits per heavy atom. The summed E-state index contributed by atoms with van der Waals surface area (Å²) in [6, 6.07) is 10.8. The van der Waals surface area contributed by atoms with Gasteiger partial charge in [0, 0.05) is 6.07 Å². The number of hydrogen-bond donors (Lipinski definition) is 0. The summed E-state index contributed by atoms with van der Waals surface area (Å²) >= 11 is 0. The van der Waals surface area contributed by atoms with E-state index >= 15 is 0 Å². The third-order valence-corrected chi connectivity index (χ3v) is 7.38. The summed E-state index contributed by atoms with van der Waals surface area (Å²) in [6.07, 6.45) is 2.01. The van der Waals surface area contributed by atoms with Crippen LogP contribution in [0.2, 0.25) is 0 Å². The molecule has 4 aromatic rings. The summed E-state index contributed by atoms with van der Waals surface area (Å²) in [7, 11) is -0.288. The highest BCUT2D eigenvalue weighted by Gasteiger charge is 2.25. The Morgan fingerprint density at radius 2 is 1.63 bits per heavy atom. The lowest BCUT2D eigenvalue weighted by Gasteiger charge is -2.17. The number of pyridine rings is 1. The maximum atomic E-state index is 12.9. The molecule has 11 heteroatoms. The van der Waals surface area contributed by atoms with Gasteiger partial charge in [0.05, 0.1) is 44.2 Å². The van der Waals surface area contributed by atoms with Crippen LogP contribution in [0.15, 0.2) is 42.6 Å². The van der Waals surface area contributed by atoms with Crippen LogP contribution in [0.1, 0.15) is 39.8 Å². The van der Waals surface area contributed by atoms with Gasteiger partial charge in [-0.05, 0) is 37.0 Å². The van der Waals surface area contributed by atoms with Crippen molar-refractivity contribution >= 4 is 21.1 Å². The zero-order valence-electron chi connectivity index (χ0n) is 22.6. The number of ether oxygens (including phenoxy) is 3. The van der Waals surface area contributed by atoms with Crippen molar-refractivity contribution in [3.63, 3.8) is 0 Å². The first-order chi connectivity index (χ1) is 18.0. The van der Waals surface area contributed by atoms with Crippen LogP contribution >= 0.6 is 0 Å². The summed E-state index contributed by atoms with van der Waals surface area (Å²) in [4.78, 5) is 18.5. The van der Waals surface area contributed by atoms with Crippen molar-refractivity contribution in [2.45, 2.75) is 39.9 Å². The van der Waals surface area contributed by atoms with Crippen LogP contribution in [0.3, 0.4) is 0 Å². The largest absolute Gasteiger partial charge is 0.494 e. The Balaban J connectivity index is 1.92. The molecule has 0 spiro atoms. The fraction of sp³-hybridized carbons (Fsp3) is 0.407. The highest BCUT2D eigenvalue weighted by Crippen LogP contribution is 2.37. The molecule has 0 atom stereocenters. The molecule has 0 N–H and O–H groups in total. The standard InChI is InChI=1S/C27H33N5O5S/c1-7-37-22-13-8-10-19(30-22)25-31-24-26(32(25)23-20(35-5)11-9-12-21(23)36-6)29-18(16-28-24)17-38(33,34)15-14-27(2,3)4/h8-13,16H,7,14-15,17H2,1-6H3. The van der Waals surface area contributed by atoms with E-state index in [0.29, 0.717) is 64.6 Å². The molecule has 4 rings (SSSR count). The quantitative estimate of drug-likeness (QED) is 0.284. The minimum atomic E-state index is -3.41. The second-order valence-corrected chi connectivity index (χ2v) is 12.2. The first-order valence-corrected chi connectivity index (χ1v) is 14.1. The maximum absolute atomic E-state index is 12.9. The predicted octanol–water partition coefficient (Wildman–Crippen LogP) is 4.64. The molecule has 0 aliphatic carbocycles. The molecule has 0 saturated carbocycles. The Labute approximate surface area is 223 Å². The van der Waals surface area contributed by atoms with Gasteiger partial charge in [-0.2, -0.15) is 0 Å². The van der Waals surface area contributed by atoms with Crippen molar-refractivity contribution in [2.75, 3.05) is 26.6 Å². The summed E-state index contributed by atoms with van der Waals surface area (Å²) in [5, 5.41) is 0. The first kappa shape index (κ1) is 27.3. The molecule has 0 fully saturated rings. The lowest BCUT2D eigenvalue weighted by molar-refractivity contribution is 0.327. The number of fused-ring (bicyclic) bond motifs is 1. The van der Waals surface area contributed by atoms with Crippen molar-refractivity contribution in [2.24, 2.45) is 5.41 Å². The second kappa shape index (κ2) is 10.9. The van der Waals surface area contributed by atoms with Gasteiger partial charge < -0.3 is 14.2 Å². The monoisotopic (exact) mass is 539 g/mol. The number of aromatic nitrogens is 5. The smallest absolute Gasteiger partial charge is 0.213 e. The maximum Gasteiger partial charge on any atom is 0.213 e. The van der Waals surface area contributed by atoms with E-state index < -0.39 is 9.84 Å². The summed E-state index contributed by atoms with van der Waals surface area (Å²) in [5.41, 5.74) is 1.97. The molecule has 0 saturated heterocycles. The van der Waals surface area contributed by atoms with E-state index in [1.54, 1.807) is 43.1 Å². The molecule has 0 bridgehead atoms. The fourth-order valence-electron chi connectivity index (χ4n) is 3.92. The van der Waals surface area contributed by atoms with Gasteiger partial charge in [0.1, 0.15) is 22.9 Å². The van der Waals surface area contributed by atoms with E-state index in [0.717, 1.165) is 0 Å². The lowest BCUT2D eigenvalue weighted by atomic mass is 9.94. The van der Waals surface area contributed by atoms with Crippen molar-refractivity contribution in [1.29, 1.82) is 0 Å². The molecule has 0 radical (unpaired) electrons. The van der Waals surface area contributed by atoms with Crippen molar-refractivity contribution < 1.29 is 22.6 Å². The molecule has 0 unspecified atom stereocenters. The van der Waals surface area contributed by atoms with E-state index in [-0.39, 0.29) is 16.9 Å². The number of sulfone groups is 1. The van der Waals surface area contributed by atoms with E-state index in [1.165, 1.54) is 6.20 Å². The SMILES string of the molecule is CCOc1cccc(-c2nc3ncc(CS(=O)(=O)CCC(C)(C)C)nc3n2-c2c(OC)cccc2OC)n1. The summed E-state index contributed by atoms with van der Waals surface area (Å²) < 4.78 is 44.5. The van der Waals surface area contributed by atoms with Crippen LogP contribution in [-0.4, -0.2) is 59.5 Å². The van der Waals surface area contributed by atoms with Gasteiger partial charge in [-0.3, -0.25) is 4.57 Å². The molecule has 0 aliphatic rings. The molecule has 10 nitrogen and oxygen atoms in total. The molecule has 202 valence electrons. The molecule has 38 heavy (non-hydrogen) atoms. The number of benzene rings is 1. The van der Waals surface area contributed by atoms with Crippen molar-refractivity contribution in [3.8, 4) is 34.6 Å². The highest BCUT2D eigenvalue weighted by molar-refractivity contribution is 7.90. The summed E-state index contributed by atoms with van der Waals surface area (Å²) in [6.45, 7) is 8.40. The minimum Gasteiger partial charge on any atom is -0.494 e. The van der Waals surface area contributed by atoms with Crippen LogP contribution < -0.4 is 14.2 Å². The Bertz CT molecular complexity index is 1520. The Kier molecular flexibility index (Phi) is 7.86. The van der Waals surface area contributed by atoms with Gasteiger partial charge in [0.25, 0.3) is 0 Å². The van der Waals surface area contributed by atoms with Crippen molar-refractivity contribution in [1.82, 2.24) is 24.5 Å². The summed E-state index contributed by atoms with van der Waals surface area (Å²) in [5.74, 6) is 1.73. The number of nitrogens with zero attached hydrogens (tertiary/aromatic N) is 5. The fourth-order valence-corrected chi connectivity index (χ4v) is 5.58. The molecular formula is C27H33N5O5S. The van der Waals surface area contributed by atoms with Gasteiger partial charge in [0.15, 0.2) is 27.0 Å². The molecule has 3 heterocycles. The molecule has 3 aromatic heterocycles. The number of para-hydroxylation sites is 1. The van der Waals surface area contributed by atoms with E-state index in [1.807, 2.05) is 39.8 Å². The van der Waals surface area contributed by atoms with E-state index in [2.05, 4.69) is 9.97 Å². The van der Waals surface area contributed by atoms with Crippen LogP contribution in [0, 0.1) is 5.41 Å². The second-order valence-electron chi connectivity index (χ2n) is 9.99. The van der Waals surface area contributed by atoms with Crippen LogP contribution in [-0.2, 0) is 15.6 Å². The first-order valence-electron chi connectivity index (χ1n) is 12.3. The third-order valence-electron chi connectivity index (χ3n) is 5.82. The van der Waals surface area contributed by atoms with Gasteiger partial charge >= 0.3 is 0 Å². The third kappa shape index (κ3) is 6.04. The number of rotatable bonds is 10. The zero-order valence-corrected chi connectivity index (χ0v) is 23.4. The average Bonchev–Trinajstić information content (AvgIpc) is 3.25. The van der Waals surface area contributed by atoms with Gasteiger partial charge in [-0.15, -0.1) is 0 Å².